The van der Waals surface area contributed by atoms with Crippen molar-refractivity contribution >= 4 is 5.97 Å². The molecule has 0 amide bonds. The maximum atomic E-state index is 12.7. The number of methoxy groups -OCH3 is 1. The Morgan fingerprint density at radius 3 is 2.50 bits per heavy atom. The third kappa shape index (κ3) is 2.31. The quantitative estimate of drug-likeness (QED) is 0.633. The summed E-state index contributed by atoms with van der Waals surface area (Å²) < 4.78 is 11.6. The summed E-state index contributed by atoms with van der Waals surface area (Å²) in [6.45, 7) is 10.1. The third-order valence-corrected chi connectivity index (χ3v) is 9.59. The van der Waals surface area contributed by atoms with Crippen LogP contribution in [0.25, 0.3) is 0 Å². The fourth-order valence-electron chi connectivity index (χ4n) is 8.75. The molecule has 2 bridgehead atoms. The summed E-state index contributed by atoms with van der Waals surface area (Å²) in [4.78, 5) is 12.7. The van der Waals surface area contributed by atoms with Gasteiger partial charge in [-0.05, 0) is 101 Å². The molecule has 0 radical (unpaired) electrons. The first-order valence-corrected chi connectivity index (χ1v) is 11.0. The van der Waals surface area contributed by atoms with E-state index in [1.807, 2.05) is 0 Å². The summed E-state index contributed by atoms with van der Waals surface area (Å²) in [6, 6.07) is 0. The van der Waals surface area contributed by atoms with Gasteiger partial charge in [-0.3, -0.25) is 4.79 Å². The molecule has 0 aliphatic heterocycles. The molecule has 3 nitrogen and oxygen atoms in total. The highest BCUT2D eigenvalue weighted by Gasteiger charge is 2.68. The predicted octanol–water partition coefficient (Wildman–Crippen LogP) is 5.37. The summed E-state index contributed by atoms with van der Waals surface area (Å²) in [5, 5.41) is 0. The second-order valence-electron chi connectivity index (χ2n) is 10.7. The number of carbonyl (C=O) groups is 1. The SMILES string of the molecule is CCO[C@]1(C)C[C@]23CC[C@H]4C(C)(C(=O)OC)CCC[C@]4(C)[C@H]2CC[C@@H]1C3. The predicted molar refractivity (Wildman–Crippen MR) is 103 cm³/mol. The van der Waals surface area contributed by atoms with Crippen LogP contribution in [-0.4, -0.2) is 25.3 Å². The maximum Gasteiger partial charge on any atom is 0.311 e. The molecule has 26 heavy (non-hydrogen) atoms. The molecular formula is C23H38O3. The van der Waals surface area contributed by atoms with Crippen LogP contribution in [0, 0.1) is 34.0 Å². The van der Waals surface area contributed by atoms with Gasteiger partial charge in [0.2, 0.25) is 0 Å². The van der Waals surface area contributed by atoms with Crippen LogP contribution in [-0.2, 0) is 14.3 Å². The van der Waals surface area contributed by atoms with E-state index < -0.39 is 0 Å². The van der Waals surface area contributed by atoms with Crippen molar-refractivity contribution in [2.75, 3.05) is 13.7 Å². The Hall–Kier alpha value is -0.570. The Labute approximate surface area is 159 Å². The van der Waals surface area contributed by atoms with Crippen molar-refractivity contribution in [1.29, 1.82) is 0 Å². The number of rotatable bonds is 3. The maximum absolute atomic E-state index is 12.7. The van der Waals surface area contributed by atoms with Crippen molar-refractivity contribution in [3.05, 3.63) is 0 Å². The smallest absolute Gasteiger partial charge is 0.311 e. The van der Waals surface area contributed by atoms with E-state index in [0.29, 0.717) is 11.3 Å². The van der Waals surface area contributed by atoms with Crippen LogP contribution < -0.4 is 0 Å². The second kappa shape index (κ2) is 5.96. The Balaban J connectivity index is 1.69. The number of hydrogen-bond acceptors (Lipinski definition) is 3. The van der Waals surface area contributed by atoms with Crippen LogP contribution in [0.2, 0.25) is 0 Å². The first kappa shape index (κ1) is 18.8. The molecule has 4 rings (SSSR count). The molecule has 3 heteroatoms. The highest BCUT2D eigenvalue weighted by atomic mass is 16.5. The molecule has 4 fully saturated rings. The van der Waals surface area contributed by atoms with E-state index >= 15 is 0 Å². The molecule has 0 aromatic carbocycles. The van der Waals surface area contributed by atoms with Gasteiger partial charge >= 0.3 is 5.97 Å². The lowest BCUT2D eigenvalue weighted by Gasteiger charge is -2.63. The first-order chi connectivity index (χ1) is 12.2. The van der Waals surface area contributed by atoms with Crippen molar-refractivity contribution in [1.82, 2.24) is 0 Å². The minimum Gasteiger partial charge on any atom is -0.469 e. The minimum absolute atomic E-state index is 0.0311. The lowest BCUT2D eigenvalue weighted by atomic mass is 9.41. The summed E-state index contributed by atoms with van der Waals surface area (Å²) in [5.41, 5.74) is 0.517. The molecule has 0 N–H and O–H groups in total. The van der Waals surface area contributed by atoms with Gasteiger partial charge in [-0.1, -0.05) is 13.3 Å². The molecule has 0 heterocycles. The zero-order valence-electron chi connectivity index (χ0n) is 17.5. The van der Waals surface area contributed by atoms with E-state index in [1.165, 1.54) is 44.9 Å². The number of carbonyl (C=O) groups excluding carboxylic acids is 1. The van der Waals surface area contributed by atoms with E-state index in [2.05, 4.69) is 27.7 Å². The number of fused-ring (bicyclic) bond motifs is 3. The molecule has 148 valence electrons. The molecule has 7 atom stereocenters. The molecule has 0 aromatic rings. The van der Waals surface area contributed by atoms with E-state index in [1.54, 1.807) is 7.11 Å². The molecule has 4 saturated carbocycles. The highest BCUT2D eigenvalue weighted by Crippen LogP contribution is 2.73. The van der Waals surface area contributed by atoms with Crippen LogP contribution in [0.5, 0.6) is 0 Å². The van der Waals surface area contributed by atoms with Gasteiger partial charge in [0.05, 0.1) is 18.1 Å². The minimum atomic E-state index is -0.290. The van der Waals surface area contributed by atoms with Crippen molar-refractivity contribution in [2.45, 2.75) is 91.1 Å². The first-order valence-electron chi connectivity index (χ1n) is 11.0. The average molecular weight is 363 g/mol. The van der Waals surface area contributed by atoms with E-state index in [9.17, 15) is 4.79 Å². The van der Waals surface area contributed by atoms with Gasteiger partial charge in [-0.2, -0.15) is 0 Å². The van der Waals surface area contributed by atoms with E-state index in [4.69, 9.17) is 9.47 Å². The monoisotopic (exact) mass is 362 g/mol. The largest absolute Gasteiger partial charge is 0.469 e. The van der Waals surface area contributed by atoms with Gasteiger partial charge < -0.3 is 9.47 Å². The number of esters is 1. The number of ether oxygens (including phenoxy) is 2. The van der Waals surface area contributed by atoms with Crippen molar-refractivity contribution in [2.24, 2.45) is 34.0 Å². The summed E-state index contributed by atoms with van der Waals surface area (Å²) in [7, 11) is 1.57. The topological polar surface area (TPSA) is 35.5 Å². The standard InChI is InChI=1S/C23H38O3/c1-6-26-22(4)15-23-13-10-17-20(2,18(23)9-8-16(22)14-23)11-7-12-21(17,3)19(24)25-5/h16-18H,6-15H2,1-5H3/t16-,17-,18-,20+,21?,22-,23-/m1/s1. The Morgan fingerprint density at radius 1 is 1.04 bits per heavy atom. The average Bonchev–Trinajstić information content (AvgIpc) is 2.79. The Bertz CT molecular complexity index is 588. The molecule has 1 spiro atoms. The van der Waals surface area contributed by atoms with E-state index in [-0.39, 0.29) is 22.4 Å². The van der Waals surface area contributed by atoms with Crippen molar-refractivity contribution in [3.63, 3.8) is 0 Å². The molecule has 4 aliphatic carbocycles. The summed E-state index contributed by atoms with van der Waals surface area (Å²) >= 11 is 0. The number of hydrogen-bond donors (Lipinski definition) is 0. The molecule has 4 aliphatic rings. The van der Waals surface area contributed by atoms with Gasteiger partial charge in [0.1, 0.15) is 0 Å². The highest BCUT2D eigenvalue weighted by molar-refractivity contribution is 5.77. The zero-order valence-corrected chi connectivity index (χ0v) is 17.5. The fourth-order valence-corrected chi connectivity index (χ4v) is 8.75. The van der Waals surface area contributed by atoms with Gasteiger partial charge in [-0.25, -0.2) is 0 Å². The molecule has 1 unspecified atom stereocenters. The fraction of sp³-hybridized carbons (Fsp3) is 0.957. The van der Waals surface area contributed by atoms with Gasteiger partial charge in [-0.15, -0.1) is 0 Å². The Morgan fingerprint density at radius 2 is 1.81 bits per heavy atom. The van der Waals surface area contributed by atoms with Gasteiger partial charge in [0, 0.05) is 6.61 Å². The molecular weight excluding hydrogens is 324 g/mol. The van der Waals surface area contributed by atoms with Gasteiger partial charge in [0.25, 0.3) is 0 Å². The van der Waals surface area contributed by atoms with Crippen LogP contribution in [0.15, 0.2) is 0 Å². The van der Waals surface area contributed by atoms with Crippen LogP contribution in [0.1, 0.15) is 85.5 Å². The lowest BCUT2D eigenvalue weighted by Crippen LogP contribution is -2.58. The van der Waals surface area contributed by atoms with Crippen LogP contribution >= 0.6 is 0 Å². The third-order valence-electron chi connectivity index (χ3n) is 9.59. The molecule has 0 aromatic heterocycles. The summed E-state index contributed by atoms with van der Waals surface area (Å²) in [5.74, 6) is 1.98. The van der Waals surface area contributed by atoms with Gasteiger partial charge in [0.15, 0.2) is 0 Å². The molecule has 0 saturated heterocycles. The lowest BCUT2D eigenvalue weighted by molar-refractivity contribution is -0.184. The van der Waals surface area contributed by atoms with Crippen LogP contribution in [0.4, 0.5) is 0 Å². The second-order valence-corrected chi connectivity index (χ2v) is 10.7. The van der Waals surface area contributed by atoms with Crippen molar-refractivity contribution < 1.29 is 14.3 Å². The Kier molecular flexibility index (Phi) is 4.31. The van der Waals surface area contributed by atoms with Crippen LogP contribution in [0.3, 0.4) is 0 Å². The van der Waals surface area contributed by atoms with E-state index in [0.717, 1.165) is 31.3 Å². The van der Waals surface area contributed by atoms with Crippen molar-refractivity contribution in [3.8, 4) is 0 Å². The zero-order chi connectivity index (χ0) is 18.8. The normalized spacial score (nSPS) is 52.9. The summed E-state index contributed by atoms with van der Waals surface area (Å²) in [6.07, 6.45) is 11.1.